The van der Waals surface area contributed by atoms with E-state index in [1.54, 1.807) is 6.20 Å². The maximum absolute atomic E-state index is 13.4. The molecule has 0 unspecified atom stereocenters. The van der Waals surface area contributed by atoms with E-state index in [4.69, 9.17) is 4.74 Å². The summed E-state index contributed by atoms with van der Waals surface area (Å²) in [6.07, 6.45) is 3.12. The molecule has 4 aromatic rings. The van der Waals surface area contributed by atoms with Gasteiger partial charge in [-0.1, -0.05) is 0 Å². The summed E-state index contributed by atoms with van der Waals surface area (Å²) in [4.78, 5) is 4.15. The second-order valence-electron chi connectivity index (χ2n) is 6.62. The quantitative estimate of drug-likeness (QED) is 0.510. The van der Waals surface area contributed by atoms with E-state index in [1.807, 2.05) is 32.0 Å². The van der Waals surface area contributed by atoms with E-state index in [0.29, 0.717) is 12.4 Å². The van der Waals surface area contributed by atoms with Gasteiger partial charge in [-0.25, -0.2) is 13.5 Å². The van der Waals surface area contributed by atoms with Gasteiger partial charge in [0, 0.05) is 17.8 Å². The van der Waals surface area contributed by atoms with Crippen molar-refractivity contribution >= 4 is 11.6 Å². The van der Waals surface area contributed by atoms with E-state index >= 15 is 0 Å². The van der Waals surface area contributed by atoms with Crippen LogP contribution in [0, 0.1) is 25.5 Å². The van der Waals surface area contributed by atoms with Crippen molar-refractivity contribution in [1.29, 1.82) is 0 Å². The van der Waals surface area contributed by atoms with E-state index < -0.39 is 11.6 Å². The number of H-pyrrole nitrogens is 1. The van der Waals surface area contributed by atoms with Crippen LogP contribution in [0.5, 0.6) is 5.75 Å². The summed E-state index contributed by atoms with van der Waals surface area (Å²) in [5, 5.41) is 14.2. The molecule has 9 heteroatoms. The van der Waals surface area contributed by atoms with Crippen LogP contribution in [-0.4, -0.2) is 25.0 Å². The Bertz CT molecular complexity index is 1130. The summed E-state index contributed by atoms with van der Waals surface area (Å²) in [5.74, 6) is -0.403. The van der Waals surface area contributed by atoms with Gasteiger partial charge in [-0.2, -0.15) is 10.1 Å². The first-order valence-corrected chi connectivity index (χ1v) is 8.85. The predicted octanol–water partition coefficient (Wildman–Crippen LogP) is 4.21. The molecule has 2 aromatic carbocycles. The van der Waals surface area contributed by atoms with Gasteiger partial charge in [-0.15, -0.1) is 5.10 Å². The molecule has 0 amide bonds. The number of nitrogens with zero attached hydrogens (tertiary/aromatic N) is 4. The zero-order valence-corrected chi connectivity index (χ0v) is 15.8. The van der Waals surface area contributed by atoms with Crippen LogP contribution in [0.15, 0.2) is 48.9 Å². The van der Waals surface area contributed by atoms with Crippen LogP contribution in [0.1, 0.15) is 16.8 Å². The molecule has 4 rings (SSSR count). The second-order valence-corrected chi connectivity index (χ2v) is 6.62. The third kappa shape index (κ3) is 4.40. The lowest BCUT2D eigenvalue weighted by molar-refractivity contribution is 0.300. The Morgan fingerprint density at radius 3 is 2.59 bits per heavy atom. The molecular formula is C20H18F2N6O. The molecule has 0 spiro atoms. The Labute approximate surface area is 165 Å². The van der Waals surface area contributed by atoms with Crippen molar-refractivity contribution in [1.82, 2.24) is 25.0 Å². The van der Waals surface area contributed by atoms with Crippen molar-refractivity contribution in [3.8, 4) is 11.4 Å². The minimum Gasteiger partial charge on any atom is -0.487 e. The topological polar surface area (TPSA) is 80.6 Å². The fourth-order valence-electron chi connectivity index (χ4n) is 2.82. The summed E-state index contributed by atoms with van der Waals surface area (Å²) in [5.41, 5.74) is 3.89. The SMILES string of the molecule is Cc1cc(Nc2ncn(-c3cc(F)cc(F)c3)n2)cc(OCc2[nH]ncc2C)c1. The van der Waals surface area contributed by atoms with Gasteiger partial charge in [-0.3, -0.25) is 5.10 Å². The highest BCUT2D eigenvalue weighted by atomic mass is 19.1. The summed E-state index contributed by atoms with van der Waals surface area (Å²) in [6, 6.07) is 8.81. The van der Waals surface area contributed by atoms with E-state index in [-0.39, 0.29) is 11.6 Å². The third-order valence-corrected chi connectivity index (χ3v) is 4.23. The van der Waals surface area contributed by atoms with Crippen LogP contribution in [0.2, 0.25) is 0 Å². The summed E-state index contributed by atoms with van der Waals surface area (Å²) in [6.45, 7) is 4.27. The minimum atomic E-state index is -0.682. The molecule has 0 radical (unpaired) electrons. The fraction of sp³-hybridized carbons (Fsp3) is 0.150. The van der Waals surface area contributed by atoms with Gasteiger partial charge in [0.05, 0.1) is 17.6 Å². The first-order chi connectivity index (χ1) is 14.0. The standard InChI is InChI=1S/C20H18F2N6O/c1-12-3-16(8-18(4-12)29-10-19-13(2)9-24-26-19)25-20-23-11-28(27-20)17-6-14(21)5-15(22)7-17/h3-9,11H,10H2,1-2H3,(H,24,26)(H,25,27). The highest BCUT2D eigenvalue weighted by Gasteiger charge is 2.08. The molecule has 29 heavy (non-hydrogen) atoms. The van der Waals surface area contributed by atoms with E-state index in [2.05, 4.69) is 25.6 Å². The number of benzene rings is 2. The van der Waals surface area contributed by atoms with Crippen LogP contribution < -0.4 is 10.1 Å². The maximum Gasteiger partial charge on any atom is 0.246 e. The molecule has 0 aliphatic heterocycles. The Hall–Kier alpha value is -3.75. The fourth-order valence-corrected chi connectivity index (χ4v) is 2.82. The second kappa shape index (κ2) is 7.70. The van der Waals surface area contributed by atoms with Crippen molar-refractivity contribution in [2.45, 2.75) is 20.5 Å². The molecule has 0 aliphatic rings. The molecule has 148 valence electrons. The van der Waals surface area contributed by atoms with Gasteiger partial charge in [0.2, 0.25) is 5.95 Å². The zero-order valence-electron chi connectivity index (χ0n) is 15.8. The smallest absolute Gasteiger partial charge is 0.246 e. The molecule has 0 bridgehead atoms. The average Bonchev–Trinajstić information content (AvgIpc) is 3.28. The van der Waals surface area contributed by atoms with Crippen molar-refractivity contribution in [2.24, 2.45) is 0 Å². The van der Waals surface area contributed by atoms with Gasteiger partial charge in [-0.05, 0) is 49.2 Å². The van der Waals surface area contributed by atoms with Crippen molar-refractivity contribution in [2.75, 3.05) is 5.32 Å². The summed E-state index contributed by atoms with van der Waals surface area (Å²) >= 11 is 0. The van der Waals surface area contributed by atoms with E-state index in [1.165, 1.54) is 23.1 Å². The zero-order chi connectivity index (χ0) is 20.4. The highest BCUT2D eigenvalue weighted by Crippen LogP contribution is 2.24. The number of aromatic nitrogens is 5. The number of rotatable bonds is 6. The largest absolute Gasteiger partial charge is 0.487 e. The number of halogens is 2. The van der Waals surface area contributed by atoms with Crippen molar-refractivity contribution in [3.05, 3.63) is 77.4 Å². The maximum atomic E-state index is 13.4. The van der Waals surface area contributed by atoms with Gasteiger partial charge < -0.3 is 10.1 Å². The van der Waals surface area contributed by atoms with Crippen LogP contribution in [-0.2, 0) is 6.61 Å². The summed E-state index contributed by atoms with van der Waals surface area (Å²) < 4.78 is 34.0. The lowest BCUT2D eigenvalue weighted by Crippen LogP contribution is -2.00. The van der Waals surface area contributed by atoms with Crippen LogP contribution in [0.4, 0.5) is 20.4 Å². The van der Waals surface area contributed by atoms with Crippen LogP contribution in [0.3, 0.4) is 0 Å². The van der Waals surface area contributed by atoms with Gasteiger partial charge in [0.15, 0.2) is 0 Å². The lowest BCUT2D eigenvalue weighted by Gasteiger charge is -2.10. The van der Waals surface area contributed by atoms with Crippen molar-refractivity contribution in [3.63, 3.8) is 0 Å². The molecule has 0 saturated heterocycles. The molecule has 2 heterocycles. The molecule has 2 N–H and O–H groups in total. The number of nitrogens with one attached hydrogen (secondary N) is 2. The molecule has 2 aromatic heterocycles. The van der Waals surface area contributed by atoms with E-state index in [0.717, 1.165) is 28.6 Å². The Balaban J connectivity index is 1.50. The number of anilines is 2. The van der Waals surface area contributed by atoms with Crippen LogP contribution in [0.25, 0.3) is 5.69 Å². The minimum absolute atomic E-state index is 0.242. The van der Waals surface area contributed by atoms with Crippen molar-refractivity contribution < 1.29 is 13.5 Å². The number of hydrogen-bond acceptors (Lipinski definition) is 5. The number of aryl methyl sites for hydroxylation is 2. The molecule has 0 saturated carbocycles. The molecule has 0 atom stereocenters. The normalized spacial score (nSPS) is 10.9. The third-order valence-electron chi connectivity index (χ3n) is 4.23. The first-order valence-electron chi connectivity index (χ1n) is 8.85. The number of hydrogen-bond donors (Lipinski definition) is 2. The average molecular weight is 396 g/mol. The first kappa shape index (κ1) is 18.6. The molecular weight excluding hydrogens is 378 g/mol. The number of aromatic amines is 1. The number of ether oxygens (including phenoxy) is 1. The molecule has 7 nitrogen and oxygen atoms in total. The Kier molecular flexibility index (Phi) is 4.94. The Morgan fingerprint density at radius 2 is 1.86 bits per heavy atom. The van der Waals surface area contributed by atoms with E-state index in [9.17, 15) is 8.78 Å². The monoisotopic (exact) mass is 396 g/mol. The Morgan fingerprint density at radius 1 is 1.07 bits per heavy atom. The molecule has 0 aliphatic carbocycles. The lowest BCUT2D eigenvalue weighted by atomic mass is 10.2. The van der Waals surface area contributed by atoms with Gasteiger partial charge in [0.1, 0.15) is 30.3 Å². The van der Waals surface area contributed by atoms with Crippen LogP contribution >= 0.6 is 0 Å². The predicted molar refractivity (Wildman–Crippen MR) is 103 cm³/mol. The molecule has 0 fully saturated rings. The van der Waals surface area contributed by atoms with Gasteiger partial charge in [0.25, 0.3) is 0 Å². The highest BCUT2D eigenvalue weighted by molar-refractivity contribution is 5.57. The van der Waals surface area contributed by atoms with Gasteiger partial charge >= 0.3 is 0 Å². The summed E-state index contributed by atoms with van der Waals surface area (Å²) in [7, 11) is 0.